The van der Waals surface area contributed by atoms with Crippen LogP contribution in [0.15, 0.2) is 74.7 Å². The molecule has 3 aromatic carbocycles. The van der Waals surface area contributed by atoms with Gasteiger partial charge in [-0.3, -0.25) is 0 Å². The van der Waals surface area contributed by atoms with Crippen molar-refractivity contribution in [3.63, 3.8) is 0 Å². The van der Waals surface area contributed by atoms with Gasteiger partial charge < -0.3 is 9.84 Å². The number of hydrogen-bond acceptors (Lipinski definition) is 4. The molecular formula is C22H15Br2ClN2O2. The van der Waals surface area contributed by atoms with Crippen LogP contribution < -0.4 is 4.74 Å². The van der Waals surface area contributed by atoms with Crippen LogP contribution in [0.2, 0.25) is 5.02 Å². The highest BCUT2D eigenvalue weighted by molar-refractivity contribution is 9.10. The van der Waals surface area contributed by atoms with Crippen LogP contribution in [-0.4, -0.2) is 15.8 Å². The lowest BCUT2D eigenvalue weighted by Gasteiger charge is -2.38. The van der Waals surface area contributed by atoms with Crippen LogP contribution in [0.5, 0.6) is 11.5 Å². The van der Waals surface area contributed by atoms with Gasteiger partial charge >= 0.3 is 0 Å². The molecule has 0 aromatic heterocycles. The minimum atomic E-state index is -0.542. The average Bonchev–Trinajstić information content (AvgIpc) is 3.16. The number of rotatable bonds is 2. The van der Waals surface area contributed by atoms with E-state index < -0.39 is 6.23 Å². The lowest BCUT2D eigenvalue weighted by Crippen LogP contribution is -2.33. The highest BCUT2D eigenvalue weighted by Gasteiger charge is 2.42. The third kappa shape index (κ3) is 3.43. The number of fused-ring (bicyclic) bond motifs is 3. The van der Waals surface area contributed by atoms with Crippen LogP contribution in [0.25, 0.3) is 0 Å². The van der Waals surface area contributed by atoms with Gasteiger partial charge in [0.2, 0.25) is 6.23 Å². The quantitative estimate of drug-likeness (QED) is 0.393. The molecule has 0 amide bonds. The normalized spacial score (nSPS) is 20.0. The van der Waals surface area contributed by atoms with Crippen LogP contribution >= 0.6 is 43.5 Å². The maximum absolute atomic E-state index is 10.5. The third-order valence-electron chi connectivity index (χ3n) is 5.18. The number of benzene rings is 3. The van der Waals surface area contributed by atoms with Gasteiger partial charge in [-0.2, -0.15) is 5.10 Å². The van der Waals surface area contributed by atoms with Crippen LogP contribution in [-0.2, 0) is 0 Å². The van der Waals surface area contributed by atoms with Crippen molar-refractivity contribution in [1.82, 2.24) is 5.01 Å². The minimum Gasteiger partial charge on any atom is -0.507 e. The number of phenols is 1. The molecule has 0 saturated carbocycles. The predicted molar refractivity (Wildman–Crippen MR) is 121 cm³/mol. The van der Waals surface area contributed by atoms with E-state index in [1.807, 2.05) is 53.5 Å². The van der Waals surface area contributed by atoms with Crippen molar-refractivity contribution in [2.75, 3.05) is 0 Å². The fraction of sp³-hybridized carbons (Fsp3) is 0.136. The van der Waals surface area contributed by atoms with Gasteiger partial charge in [-0.05, 0) is 54.1 Å². The van der Waals surface area contributed by atoms with Gasteiger partial charge in [-0.1, -0.05) is 55.6 Å². The molecule has 0 unspecified atom stereocenters. The Balaban J connectivity index is 1.63. The number of phenolic OH excluding ortho intramolecular Hbond substituents is 1. The molecule has 2 aliphatic heterocycles. The largest absolute Gasteiger partial charge is 0.507 e. The first kappa shape index (κ1) is 19.0. The van der Waals surface area contributed by atoms with Crippen molar-refractivity contribution in [2.45, 2.75) is 18.7 Å². The number of ether oxygens (including phenoxy) is 1. The summed E-state index contributed by atoms with van der Waals surface area (Å²) in [6.45, 7) is 0. The maximum atomic E-state index is 10.5. The summed E-state index contributed by atoms with van der Waals surface area (Å²) >= 11 is 13.2. The van der Waals surface area contributed by atoms with E-state index in [-0.39, 0.29) is 11.8 Å². The van der Waals surface area contributed by atoms with Gasteiger partial charge in [0.25, 0.3) is 0 Å². The van der Waals surface area contributed by atoms with Crippen molar-refractivity contribution in [2.24, 2.45) is 5.10 Å². The topological polar surface area (TPSA) is 45.1 Å². The van der Waals surface area contributed by atoms with E-state index in [1.54, 1.807) is 12.1 Å². The molecule has 0 bridgehead atoms. The molecule has 7 heteroatoms. The first-order valence-corrected chi connectivity index (χ1v) is 11.0. The number of aromatic hydroxyl groups is 1. The third-order valence-corrected chi connectivity index (χ3v) is 6.44. The first-order chi connectivity index (χ1) is 14.0. The zero-order chi connectivity index (χ0) is 20.1. The molecule has 29 heavy (non-hydrogen) atoms. The Labute approximate surface area is 190 Å². The van der Waals surface area contributed by atoms with Crippen molar-refractivity contribution in [3.05, 3.63) is 91.3 Å². The summed E-state index contributed by atoms with van der Waals surface area (Å²) in [5, 5.41) is 18.0. The molecule has 0 fully saturated rings. The molecule has 4 nitrogen and oxygen atoms in total. The molecule has 5 rings (SSSR count). The van der Waals surface area contributed by atoms with Crippen molar-refractivity contribution >= 4 is 49.2 Å². The van der Waals surface area contributed by atoms with E-state index in [1.165, 1.54) is 0 Å². The SMILES string of the molecule is Oc1ccc(Br)cc1[C@H]1Oc2ccc(Cl)cc2[C@H]2CC(c3ccc(Br)cc3)=NN21. The second kappa shape index (κ2) is 7.35. The van der Waals surface area contributed by atoms with Gasteiger partial charge in [-0.15, -0.1) is 0 Å². The maximum Gasteiger partial charge on any atom is 0.217 e. The zero-order valence-electron chi connectivity index (χ0n) is 15.0. The van der Waals surface area contributed by atoms with Gasteiger partial charge in [0.15, 0.2) is 0 Å². The number of hydrazone groups is 1. The molecule has 2 heterocycles. The van der Waals surface area contributed by atoms with E-state index in [4.69, 9.17) is 21.4 Å². The monoisotopic (exact) mass is 532 g/mol. The highest BCUT2D eigenvalue weighted by atomic mass is 79.9. The summed E-state index contributed by atoms with van der Waals surface area (Å²) in [6, 6.07) is 19.0. The Bertz CT molecular complexity index is 1130. The standard InChI is InChI=1S/C22H15Br2ClN2O2/c23-13-3-1-12(2-4-13)18-11-19-16-10-15(25)6-8-21(16)29-22(27(19)26-18)17-9-14(24)5-7-20(17)28/h1-10,19,22,28H,11H2/t19-,22-/m1/s1. The number of halogens is 3. The second-order valence-electron chi connectivity index (χ2n) is 7.01. The molecule has 2 aliphatic rings. The first-order valence-electron chi connectivity index (χ1n) is 9.06. The van der Waals surface area contributed by atoms with Crippen molar-refractivity contribution in [1.29, 1.82) is 0 Å². The van der Waals surface area contributed by atoms with Gasteiger partial charge in [0.05, 0.1) is 17.3 Å². The molecule has 3 aromatic rings. The zero-order valence-corrected chi connectivity index (χ0v) is 18.9. The van der Waals surface area contributed by atoms with Crippen molar-refractivity contribution in [3.8, 4) is 11.5 Å². The second-order valence-corrected chi connectivity index (χ2v) is 9.28. The Hall–Kier alpha value is -2.02. The fourth-order valence-electron chi connectivity index (χ4n) is 3.80. The predicted octanol–water partition coefficient (Wildman–Crippen LogP) is 6.81. The summed E-state index contributed by atoms with van der Waals surface area (Å²) in [7, 11) is 0. The smallest absolute Gasteiger partial charge is 0.217 e. The van der Waals surface area contributed by atoms with Crippen LogP contribution in [0.1, 0.15) is 35.4 Å². The minimum absolute atomic E-state index is 0.0283. The van der Waals surface area contributed by atoms with Gasteiger partial charge in [-0.25, -0.2) is 5.01 Å². The number of nitrogens with zero attached hydrogens (tertiary/aromatic N) is 2. The highest BCUT2D eigenvalue weighted by Crippen LogP contribution is 2.49. The van der Waals surface area contributed by atoms with E-state index >= 15 is 0 Å². The lowest BCUT2D eigenvalue weighted by atomic mass is 9.96. The Morgan fingerprint density at radius 1 is 0.966 bits per heavy atom. The van der Waals surface area contributed by atoms with Crippen LogP contribution in [0, 0.1) is 0 Å². The van der Waals surface area contributed by atoms with Gasteiger partial charge in [0.1, 0.15) is 11.5 Å². The van der Waals surface area contributed by atoms with Gasteiger partial charge in [0, 0.05) is 26.0 Å². The molecule has 0 radical (unpaired) electrons. The summed E-state index contributed by atoms with van der Waals surface area (Å²) in [5.74, 6) is 0.925. The van der Waals surface area contributed by atoms with E-state index in [2.05, 4.69) is 31.9 Å². The van der Waals surface area contributed by atoms with Crippen LogP contribution in [0.4, 0.5) is 0 Å². The van der Waals surface area contributed by atoms with E-state index in [0.717, 1.165) is 38.0 Å². The molecule has 2 atom stereocenters. The molecule has 0 spiro atoms. The summed E-state index contributed by atoms with van der Waals surface area (Å²) in [6.07, 6.45) is 0.183. The Morgan fingerprint density at radius 2 is 1.72 bits per heavy atom. The Morgan fingerprint density at radius 3 is 2.52 bits per heavy atom. The fourth-order valence-corrected chi connectivity index (χ4v) is 4.63. The molecular weight excluding hydrogens is 520 g/mol. The molecule has 0 saturated heterocycles. The molecule has 1 N–H and O–H groups in total. The van der Waals surface area contributed by atoms with Crippen molar-refractivity contribution < 1.29 is 9.84 Å². The van der Waals surface area contributed by atoms with E-state index in [0.29, 0.717) is 10.6 Å². The molecule has 146 valence electrons. The van der Waals surface area contributed by atoms with E-state index in [9.17, 15) is 5.11 Å². The number of hydrogen-bond donors (Lipinski definition) is 1. The summed E-state index contributed by atoms with van der Waals surface area (Å²) < 4.78 is 8.19. The molecule has 0 aliphatic carbocycles. The summed E-state index contributed by atoms with van der Waals surface area (Å²) in [5.41, 5.74) is 3.69. The average molecular weight is 535 g/mol. The Kier molecular flexibility index (Phi) is 4.81. The lowest BCUT2D eigenvalue weighted by molar-refractivity contribution is -0.0203. The van der Waals surface area contributed by atoms with Crippen LogP contribution in [0.3, 0.4) is 0 Å². The summed E-state index contributed by atoms with van der Waals surface area (Å²) in [4.78, 5) is 0.